The Bertz CT molecular complexity index is 1100. The average molecular weight is 398 g/mol. The second-order valence-electron chi connectivity index (χ2n) is 4.97. The number of nitrogen functional groups attached to an aromatic ring is 2. The third-order valence-corrected chi connectivity index (χ3v) is 4.07. The fourth-order valence-corrected chi connectivity index (χ4v) is 2.55. The zero-order valence-electron chi connectivity index (χ0n) is 13.0. The number of anilines is 2. The number of nitro groups is 2. The van der Waals surface area contributed by atoms with Gasteiger partial charge in [-0.15, -0.1) is 10.2 Å². The van der Waals surface area contributed by atoms with Crippen LogP contribution in [0, 0.1) is 20.2 Å². The molecule has 2 aromatic rings. The van der Waals surface area contributed by atoms with Crippen molar-refractivity contribution in [2.75, 3.05) is 11.5 Å². The minimum atomic E-state index is -4.71. The van der Waals surface area contributed by atoms with Crippen molar-refractivity contribution in [3.63, 3.8) is 0 Å². The molecule has 0 aliphatic heterocycles. The van der Waals surface area contributed by atoms with Crippen LogP contribution in [0.5, 0.6) is 5.75 Å². The van der Waals surface area contributed by atoms with Crippen molar-refractivity contribution in [2.24, 2.45) is 10.2 Å². The number of hydrogen-bond donors (Lipinski definition) is 4. The summed E-state index contributed by atoms with van der Waals surface area (Å²) < 4.78 is 31.6. The molecule has 0 saturated heterocycles. The first-order valence-electron chi connectivity index (χ1n) is 6.66. The van der Waals surface area contributed by atoms with E-state index in [9.17, 15) is 33.8 Å². The molecule has 0 atom stereocenters. The second-order valence-corrected chi connectivity index (χ2v) is 6.36. The van der Waals surface area contributed by atoms with Gasteiger partial charge < -0.3 is 16.6 Å². The molecule has 2 rings (SSSR count). The third-order valence-electron chi connectivity index (χ3n) is 3.16. The SMILES string of the molecule is Nc1cc(N)c(S(=O)(=O)O)cc1N=Nc1cc([N+](=O)[O-])cc([N+](=O)[O-])c1O. The monoisotopic (exact) mass is 398 g/mol. The van der Waals surface area contributed by atoms with Crippen LogP contribution in [-0.2, 0) is 10.1 Å². The minimum absolute atomic E-state index is 0.178. The van der Waals surface area contributed by atoms with Crippen molar-refractivity contribution in [2.45, 2.75) is 4.90 Å². The summed E-state index contributed by atoms with van der Waals surface area (Å²) in [7, 11) is -4.71. The summed E-state index contributed by atoms with van der Waals surface area (Å²) >= 11 is 0. The molecule has 0 fully saturated rings. The molecule has 14 nitrogen and oxygen atoms in total. The van der Waals surface area contributed by atoms with Gasteiger partial charge in [0.1, 0.15) is 16.3 Å². The zero-order chi connectivity index (χ0) is 20.5. The van der Waals surface area contributed by atoms with E-state index in [2.05, 4.69) is 10.2 Å². The average Bonchev–Trinajstić information content (AvgIpc) is 2.53. The summed E-state index contributed by atoms with van der Waals surface area (Å²) in [6, 6.07) is 2.98. The topological polar surface area (TPSA) is 238 Å². The van der Waals surface area contributed by atoms with Crippen molar-refractivity contribution in [1.82, 2.24) is 0 Å². The molecule has 0 heterocycles. The normalized spacial score (nSPS) is 11.6. The quantitative estimate of drug-likeness (QED) is 0.188. The molecule has 0 aliphatic rings. The molecule has 0 amide bonds. The minimum Gasteiger partial charge on any atom is -0.501 e. The number of non-ortho nitro benzene ring substituents is 1. The number of aromatic hydroxyl groups is 1. The standard InChI is InChI=1S/C12H10N6O8S/c13-6-3-7(14)11(27(24,25)26)4-8(6)15-16-9-1-5(17(20)21)2-10(12(9)19)18(22)23/h1-4,19H,13-14H2,(H,24,25,26). The van der Waals surface area contributed by atoms with Gasteiger partial charge in [0, 0.05) is 6.07 Å². The van der Waals surface area contributed by atoms with E-state index in [-0.39, 0.29) is 17.1 Å². The molecule has 27 heavy (non-hydrogen) atoms. The van der Waals surface area contributed by atoms with Gasteiger partial charge in [0.2, 0.25) is 5.75 Å². The first-order chi connectivity index (χ1) is 12.4. The maximum absolute atomic E-state index is 11.3. The van der Waals surface area contributed by atoms with Crippen LogP contribution in [-0.4, -0.2) is 27.9 Å². The molecule has 0 radical (unpaired) electrons. The van der Waals surface area contributed by atoms with Crippen LogP contribution in [0.1, 0.15) is 0 Å². The van der Waals surface area contributed by atoms with Crippen LogP contribution in [0.4, 0.5) is 34.1 Å². The number of nitrogens with two attached hydrogens (primary N) is 2. The lowest BCUT2D eigenvalue weighted by atomic mass is 10.2. The smallest absolute Gasteiger partial charge is 0.319 e. The number of phenolic OH excluding ortho intramolecular Hbond substituents is 1. The number of nitro benzene ring substituents is 2. The molecule has 0 saturated carbocycles. The Kier molecular flexibility index (Phi) is 4.91. The van der Waals surface area contributed by atoms with E-state index in [4.69, 9.17) is 16.0 Å². The lowest BCUT2D eigenvalue weighted by Gasteiger charge is -2.06. The van der Waals surface area contributed by atoms with Crippen molar-refractivity contribution >= 4 is 44.2 Å². The van der Waals surface area contributed by atoms with Crippen LogP contribution in [0.3, 0.4) is 0 Å². The predicted octanol–water partition coefficient (Wildman–Crippen LogP) is 2.04. The van der Waals surface area contributed by atoms with E-state index in [1.165, 1.54) is 0 Å². The summed E-state index contributed by atoms with van der Waals surface area (Å²) in [5.74, 6) is -1.00. The van der Waals surface area contributed by atoms with Crippen molar-refractivity contribution in [3.8, 4) is 5.75 Å². The molecule has 15 heteroatoms. The van der Waals surface area contributed by atoms with Crippen LogP contribution in [0.15, 0.2) is 39.4 Å². The Morgan fingerprint density at radius 1 is 0.926 bits per heavy atom. The van der Waals surface area contributed by atoms with Gasteiger partial charge in [-0.25, -0.2) is 0 Å². The maximum atomic E-state index is 11.3. The van der Waals surface area contributed by atoms with Crippen LogP contribution in [0.25, 0.3) is 0 Å². The van der Waals surface area contributed by atoms with E-state index in [1.807, 2.05) is 0 Å². The maximum Gasteiger partial charge on any atom is 0.319 e. The number of phenols is 1. The Balaban J connectivity index is 2.62. The van der Waals surface area contributed by atoms with Gasteiger partial charge >= 0.3 is 5.69 Å². The highest BCUT2D eigenvalue weighted by Crippen LogP contribution is 2.41. The highest BCUT2D eigenvalue weighted by atomic mass is 32.2. The van der Waals surface area contributed by atoms with Crippen LogP contribution < -0.4 is 11.5 Å². The largest absolute Gasteiger partial charge is 0.501 e. The van der Waals surface area contributed by atoms with Crippen molar-refractivity contribution in [1.29, 1.82) is 0 Å². The molecule has 0 aromatic heterocycles. The highest BCUT2D eigenvalue weighted by molar-refractivity contribution is 7.86. The van der Waals surface area contributed by atoms with Gasteiger partial charge in [-0.1, -0.05) is 0 Å². The lowest BCUT2D eigenvalue weighted by molar-refractivity contribution is -0.394. The number of rotatable bonds is 5. The second kappa shape index (κ2) is 6.81. The van der Waals surface area contributed by atoms with E-state index < -0.39 is 47.7 Å². The Hall–Kier alpha value is -3.85. The lowest BCUT2D eigenvalue weighted by Crippen LogP contribution is -2.04. The number of nitrogens with zero attached hydrogens (tertiary/aromatic N) is 4. The van der Waals surface area contributed by atoms with Gasteiger partial charge in [-0.3, -0.25) is 24.8 Å². The molecule has 0 unspecified atom stereocenters. The van der Waals surface area contributed by atoms with Gasteiger partial charge in [0.15, 0.2) is 0 Å². The Labute approximate surface area is 149 Å². The van der Waals surface area contributed by atoms with Crippen molar-refractivity contribution < 1.29 is 27.9 Å². The summed E-state index contributed by atoms with van der Waals surface area (Å²) in [5.41, 5.74) is 7.80. The molecular formula is C12H10N6O8S. The molecular weight excluding hydrogens is 388 g/mol. The summed E-state index contributed by atoms with van der Waals surface area (Å²) in [5, 5.41) is 38.5. The van der Waals surface area contributed by atoms with Gasteiger partial charge in [0.25, 0.3) is 15.8 Å². The molecule has 6 N–H and O–H groups in total. The molecule has 0 bridgehead atoms. The van der Waals surface area contributed by atoms with Crippen molar-refractivity contribution in [3.05, 3.63) is 44.5 Å². The zero-order valence-corrected chi connectivity index (χ0v) is 13.8. The van der Waals surface area contributed by atoms with Gasteiger partial charge in [-0.2, -0.15) is 8.42 Å². The van der Waals surface area contributed by atoms with E-state index in [0.717, 1.165) is 12.1 Å². The van der Waals surface area contributed by atoms with Crippen LogP contribution in [0.2, 0.25) is 0 Å². The van der Waals surface area contributed by atoms with E-state index >= 15 is 0 Å². The third kappa shape index (κ3) is 4.05. The molecule has 0 aliphatic carbocycles. The molecule has 142 valence electrons. The first-order valence-corrected chi connectivity index (χ1v) is 8.10. The Morgan fingerprint density at radius 3 is 2.04 bits per heavy atom. The summed E-state index contributed by atoms with van der Waals surface area (Å²) in [6.07, 6.45) is 0. The van der Waals surface area contributed by atoms with Gasteiger partial charge in [0.05, 0.1) is 27.3 Å². The molecule has 0 spiro atoms. The van der Waals surface area contributed by atoms with E-state index in [1.54, 1.807) is 0 Å². The number of benzene rings is 2. The fraction of sp³-hybridized carbons (Fsp3) is 0. The van der Waals surface area contributed by atoms with E-state index in [0.29, 0.717) is 12.1 Å². The van der Waals surface area contributed by atoms with Gasteiger partial charge in [-0.05, 0) is 12.1 Å². The molecule has 2 aromatic carbocycles. The number of hydrogen-bond acceptors (Lipinski definition) is 11. The predicted molar refractivity (Wildman–Crippen MR) is 90.7 cm³/mol. The van der Waals surface area contributed by atoms with Crippen LogP contribution >= 0.6 is 0 Å². The summed E-state index contributed by atoms with van der Waals surface area (Å²) in [6.45, 7) is 0. The highest BCUT2D eigenvalue weighted by Gasteiger charge is 2.24. The Morgan fingerprint density at radius 2 is 1.52 bits per heavy atom. The summed E-state index contributed by atoms with van der Waals surface area (Å²) in [4.78, 5) is 19.0. The number of azo groups is 1. The first kappa shape index (κ1) is 19.5. The fourth-order valence-electron chi connectivity index (χ4n) is 1.93.